The maximum atomic E-state index is 11.3. The Labute approximate surface area is 168 Å². The second-order valence-corrected chi connectivity index (χ2v) is 10.3. The molecular weight excluding hydrogens is 361 g/mol. The molecule has 0 heterocycles. The maximum absolute atomic E-state index is 11.3. The summed E-state index contributed by atoms with van der Waals surface area (Å²) < 4.78 is 17.1. The summed E-state index contributed by atoms with van der Waals surface area (Å²) in [5, 5.41) is 0. The second kappa shape index (κ2) is 15.0. The highest BCUT2D eigenvalue weighted by atomic mass is 31.2. The first kappa shape index (κ1) is 27.1. The van der Waals surface area contributed by atoms with Gasteiger partial charge in [-0.3, -0.25) is 4.57 Å². The van der Waals surface area contributed by atoms with Crippen molar-refractivity contribution in [3.05, 3.63) is 0 Å². The zero-order valence-corrected chi connectivity index (χ0v) is 19.5. The molecule has 0 aliphatic carbocycles. The molecule has 0 aromatic heterocycles. The minimum absolute atomic E-state index is 0.177. The Morgan fingerprint density at radius 1 is 0.852 bits per heavy atom. The Bertz CT molecular complexity index is 392. The first-order valence-corrected chi connectivity index (χ1v) is 12.6. The molecule has 0 bridgehead atoms. The number of phosphoric ester groups is 1. The van der Waals surface area contributed by atoms with Crippen molar-refractivity contribution in [1.29, 1.82) is 0 Å². The summed E-state index contributed by atoms with van der Waals surface area (Å²) in [4.78, 5) is 20.6. The van der Waals surface area contributed by atoms with E-state index in [4.69, 9.17) is 4.52 Å². The van der Waals surface area contributed by atoms with Crippen LogP contribution in [0.15, 0.2) is 0 Å². The van der Waals surface area contributed by atoms with Crippen LogP contribution in [-0.4, -0.2) is 43.2 Å². The van der Waals surface area contributed by atoms with Crippen LogP contribution in [0.25, 0.3) is 0 Å². The summed E-state index contributed by atoms with van der Waals surface area (Å²) in [6.45, 7) is 4.94. The summed E-state index contributed by atoms with van der Waals surface area (Å²) in [6, 6.07) is 0. The lowest BCUT2D eigenvalue weighted by Crippen LogP contribution is -2.45. The lowest BCUT2D eigenvalue weighted by Gasteiger charge is -2.35. The topological polar surface area (TPSA) is 69.6 Å². The third kappa shape index (κ3) is 17.9. The Morgan fingerprint density at radius 3 is 1.74 bits per heavy atom. The quantitative estimate of drug-likeness (QED) is 0.191. The minimum Gasteiger partial charge on any atom is -0.756 e. The molecule has 0 spiro atoms. The summed E-state index contributed by atoms with van der Waals surface area (Å²) in [6.07, 6.45) is 15.4. The Balaban J connectivity index is 4.27. The number of likely N-dealkylation sites (N-methyl/N-ethyl adjacent to an activating group) is 1. The minimum atomic E-state index is -4.71. The van der Waals surface area contributed by atoms with Gasteiger partial charge in [0.25, 0.3) is 7.82 Å². The summed E-state index contributed by atoms with van der Waals surface area (Å²) in [5.41, 5.74) is 0. The molecule has 164 valence electrons. The van der Waals surface area contributed by atoms with E-state index in [-0.39, 0.29) is 5.92 Å². The third-order valence-corrected chi connectivity index (χ3v) is 5.65. The van der Waals surface area contributed by atoms with Crippen molar-refractivity contribution in [2.24, 2.45) is 5.92 Å². The lowest BCUT2D eigenvalue weighted by atomic mass is 9.90. The fraction of sp³-hybridized carbons (Fsp3) is 1.00. The molecule has 0 saturated carbocycles. The van der Waals surface area contributed by atoms with Gasteiger partial charge in [0.2, 0.25) is 0 Å². The van der Waals surface area contributed by atoms with Crippen molar-refractivity contribution in [2.45, 2.75) is 103 Å². The number of nitrogens with zero attached hydrogens (tertiary/aromatic N) is 1. The van der Waals surface area contributed by atoms with Crippen LogP contribution in [0.3, 0.4) is 0 Å². The standard InChI is InChI=1S/C21H46NO4P/c1-6-8-9-10-11-12-13-14-15-16-18-20(17-7-2)21(19-22(3,4)5)26-27(23,24)25/h20-21H,6-19H2,1-5H3,(H-,23,24,25). The molecule has 3 atom stereocenters. The molecule has 5 nitrogen and oxygen atoms in total. The van der Waals surface area contributed by atoms with E-state index in [0.29, 0.717) is 11.0 Å². The van der Waals surface area contributed by atoms with Crippen LogP contribution in [0.1, 0.15) is 97.3 Å². The van der Waals surface area contributed by atoms with E-state index >= 15 is 0 Å². The van der Waals surface area contributed by atoms with E-state index in [1.807, 2.05) is 21.1 Å². The summed E-state index contributed by atoms with van der Waals surface area (Å²) in [7, 11) is 1.35. The molecule has 0 aromatic carbocycles. The van der Waals surface area contributed by atoms with Gasteiger partial charge in [-0.05, 0) is 18.8 Å². The zero-order chi connectivity index (χ0) is 20.8. The predicted molar refractivity (Wildman–Crippen MR) is 112 cm³/mol. The van der Waals surface area contributed by atoms with E-state index in [1.54, 1.807) is 0 Å². The average molecular weight is 408 g/mol. The van der Waals surface area contributed by atoms with Gasteiger partial charge in [0.15, 0.2) is 0 Å². The van der Waals surface area contributed by atoms with E-state index in [1.165, 1.54) is 57.8 Å². The van der Waals surface area contributed by atoms with Gasteiger partial charge in [0.1, 0.15) is 12.6 Å². The third-order valence-electron chi connectivity index (χ3n) is 5.11. The molecule has 3 unspecified atom stereocenters. The van der Waals surface area contributed by atoms with Crippen LogP contribution >= 0.6 is 7.82 Å². The highest BCUT2D eigenvalue weighted by molar-refractivity contribution is 7.44. The number of hydrogen-bond donors (Lipinski definition) is 1. The van der Waals surface area contributed by atoms with E-state index in [2.05, 4.69) is 13.8 Å². The Hall–Kier alpha value is 0.0700. The monoisotopic (exact) mass is 407 g/mol. The van der Waals surface area contributed by atoms with Gasteiger partial charge in [-0.2, -0.15) is 0 Å². The Kier molecular flexibility index (Phi) is 15.0. The molecule has 27 heavy (non-hydrogen) atoms. The van der Waals surface area contributed by atoms with Crippen molar-refractivity contribution >= 4 is 7.82 Å². The summed E-state index contributed by atoms with van der Waals surface area (Å²) in [5.74, 6) is 0.177. The summed E-state index contributed by atoms with van der Waals surface area (Å²) >= 11 is 0. The number of hydrogen-bond acceptors (Lipinski definition) is 3. The molecule has 1 N–H and O–H groups in total. The molecule has 0 aliphatic rings. The van der Waals surface area contributed by atoms with E-state index in [9.17, 15) is 14.4 Å². The van der Waals surface area contributed by atoms with Crippen molar-refractivity contribution in [2.75, 3.05) is 27.7 Å². The van der Waals surface area contributed by atoms with Gasteiger partial charge in [-0.25, -0.2) is 0 Å². The largest absolute Gasteiger partial charge is 0.756 e. The maximum Gasteiger partial charge on any atom is 0.265 e. The number of quaternary nitrogens is 1. The van der Waals surface area contributed by atoms with Crippen LogP contribution in [0.4, 0.5) is 0 Å². The van der Waals surface area contributed by atoms with Crippen LogP contribution in [0.2, 0.25) is 0 Å². The molecule has 0 aliphatic heterocycles. The Morgan fingerprint density at radius 2 is 1.33 bits per heavy atom. The molecule has 0 aromatic rings. The fourth-order valence-corrected chi connectivity index (χ4v) is 4.34. The lowest BCUT2D eigenvalue weighted by molar-refractivity contribution is -0.873. The first-order chi connectivity index (χ1) is 12.6. The molecule has 0 amide bonds. The molecule has 0 saturated heterocycles. The van der Waals surface area contributed by atoms with Crippen LogP contribution in [0.5, 0.6) is 0 Å². The second-order valence-electron chi connectivity index (χ2n) is 9.10. The number of rotatable bonds is 18. The molecule has 0 fully saturated rings. The van der Waals surface area contributed by atoms with E-state index in [0.717, 1.165) is 25.7 Å². The van der Waals surface area contributed by atoms with Gasteiger partial charge in [0, 0.05) is 0 Å². The van der Waals surface area contributed by atoms with Gasteiger partial charge >= 0.3 is 0 Å². The molecule has 6 heteroatoms. The number of phosphoric acid groups is 1. The smallest absolute Gasteiger partial charge is 0.265 e. The highest BCUT2D eigenvalue weighted by Crippen LogP contribution is 2.37. The van der Waals surface area contributed by atoms with Gasteiger partial charge in [-0.15, -0.1) is 0 Å². The van der Waals surface area contributed by atoms with Gasteiger partial charge in [-0.1, -0.05) is 84.5 Å². The fourth-order valence-electron chi connectivity index (χ4n) is 3.76. The molecule has 0 radical (unpaired) electrons. The van der Waals surface area contributed by atoms with Crippen molar-refractivity contribution in [3.63, 3.8) is 0 Å². The van der Waals surface area contributed by atoms with Crippen molar-refractivity contribution in [3.8, 4) is 0 Å². The van der Waals surface area contributed by atoms with Gasteiger partial charge < -0.3 is 18.8 Å². The van der Waals surface area contributed by atoms with Crippen LogP contribution in [0, 0.1) is 5.92 Å². The molecular formula is C21H46NO4P. The van der Waals surface area contributed by atoms with Crippen molar-refractivity contribution < 1.29 is 23.4 Å². The normalized spacial score (nSPS) is 16.9. The SMILES string of the molecule is CCCCCCCCCCCCC(CCC)C(C[N+](C)(C)C)OP(=O)([O-])O. The van der Waals surface area contributed by atoms with Crippen LogP contribution < -0.4 is 4.89 Å². The zero-order valence-electron chi connectivity index (χ0n) is 18.6. The van der Waals surface area contributed by atoms with Gasteiger partial charge in [0.05, 0.1) is 21.1 Å². The number of unbranched alkanes of at least 4 members (excludes halogenated alkanes) is 9. The van der Waals surface area contributed by atoms with Crippen LogP contribution in [-0.2, 0) is 9.09 Å². The highest BCUT2D eigenvalue weighted by Gasteiger charge is 2.29. The molecule has 0 rings (SSSR count). The predicted octanol–water partition coefficient (Wildman–Crippen LogP) is 5.27. The van der Waals surface area contributed by atoms with Crippen molar-refractivity contribution in [1.82, 2.24) is 0 Å². The van der Waals surface area contributed by atoms with E-state index < -0.39 is 13.9 Å². The first-order valence-electron chi connectivity index (χ1n) is 11.1. The average Bonchev–Trinajstić information content (AvgIpc) is 2.52.